The van der Waals surface area contributed by atoms with E-state index in [1.54, 1.807) is 20.0 Å². The van der Waals surface area contributed by atoms with Gasteiger partial charge in [0.15, 0.2) is 0 Å². The average molecular weight is 236 g/mol. The van der Waals surface area contributed by atoms with Crippen LogP contribution in [-0.4, -0.2) is 23.2 Å². The molecule has 3 nitrogen and oxygen atoms in total. The molecule has 0 aliphatic rings. The van der Waals surface area contributed by atoms with Crippen molar-refractivity contribution in [2.24, 2.45) is 0 Å². The fraction of sp³-hybridized carbons (Fsp3) is 0.643. The number of rotatable bonds is 6. The van der Waals surface area contributed by atoms with E-state index in [4.69, 9.17) is 0 Å². The van der Waals surface area contributed by atoms with Gasteiger partial charge < -0.3 is 10.0 Å². The maximum absolute atomic E-state index is 9.87. The van der Waals surface area contributed by atoms with Gasteiger partial charge in [-0.3, -0.25) is 0 Å². The Kier molecular flexibility index (Phi) is 4.94. The number of anilines is 1. The summed E-state index contributed by atoms with van der Waals surface area (Å²) in [5.41, 5.74) is 0.0421. The van der Waals surface area contributed by atoms with Crippen LogP contribution in [0.25, 0.3) is 0 Å². The zero-order chi connectivity index (χ0) is 12.9. The second-order valence-corrected chi connectivity index (χ2v) is 4.95. The molecular weight excluding hydrogens is 212 g/mol. The van der Waals surface area contributed by atoms with Crippen molar-refractivity contribution in [1.82, 2.24) is 4.98 Å². The van der Waals surface area contributed by atoms with E-state index in [0.29, 0.717) is 0 Å². The number of nitrogens with zero attached hydrogens (tertiary/aromatic N) is 2. The van der Waals surface area contributed by atoms with Crippen molar-refractivity contribution in [3.8, 4) is 0 Å². The van der Waals surface area contributed by atoms with Crippen LogP contribution in [0.1, 0.15) is 46.1 Å². The normalized spacial score (nSPS) is 11.6. The third kappa shape index (κ3) is 4.00. The molecule has 1 rings (SSSR count). The van der Waals surface area contributed by atoms with Gasteiger partial charge in [0, 0.05) is 24.8 Å². The van der Waals surface area contributed by atoms with Gasteiger partial charge >= 0.3 is 0 Å². The minimum atomic E-state index is -0.814. The lowest BCUT2D eigenvalue weighted by Crippen LogP contribution is -2.26. The molecule has 0 amide bonds. The molecule has 0 saturated carbocycles. The van der Waals surface area contributed by atoms with E-state index in [9.17, 15) is 5.11 Å². The molecule has 96 valence electrons. The van der Waals surface area contributed by atoms with Gasteiger partial charge in [-0.25, -0.2) is 4.98 Å². The van der Waals surface area contributed by atoms with Crippen LogP contribution in [0.2, 0.25) is 0 Å². The Morgan fingerprint density at radius 2 is 1.76 bits per heavy atom. The first-order valence-corrected chi connectivity index (χ1v) is 6.43. The molecule has 0 bridgehead atoms. The number of aromatic nitrogens is 1. The van der Waals surface area contributed by atoms with Gasteiger partial charge in [-0.15, -0.1) is 0 Å². The fourth-order valence-corrected chi connectivity index (χ4v) is 1.82. The molecule has 0 aliphatic carbocycles. The second kappa shape index (κ2) is 6.01. The smallest absolute Gasteiger partial charge is 0.128 e. The highest BCUT2D eigenvalue weighted by Crippen LogP contribution is 2.21. The highest BCUT2D eigenvalue weighted by Gasteiger charge is 2.16. The van der Waals surface area contributed by atoms with Crippen molar-refractivity contribution >= 4 is 5.82 Å². The van der Waals surface area contributed by atoms with Gasteiger partial charge in [-0.1, -0.05) is 19.9 Å². The third-order valence-electron chi connectivity index (χ3n) is 2.77. The summed E-state index contributed by atoms with van der Waals surface area (Å²) in [7, 11) is 0. The number of aliphatic hydroxyl groups is 1. The highest BCUT2D eigenvalue weighted by molar-refractivity contribution is 5.40. The van der Waals surface area contributed by atoms with Crippen molar-refractivity contribution in [1.29, 1.82) is 0 Å². The van der Waals surface area contributed by atoms with Crippen LogP contribution in [0.3, 0.4) is 0 Å². The first-order chi connectivity index (χ1) is 7.99. The molecular formula is C14H24N2O. The molecule has 0 aromatic carbocycles. The highest BCUT2D eigenvalue weighted by atomic mass is 16.3. The van der Waals surface area contributed by atoms with E-state index in [0.717, 1.165) is 37.3 Å². The Morgan fingerprint density at radius 3 is 2.12 bits per heavy atom. The first kappa shape index (κ1) is 14.0. The zero-order valence-corrected chi connectivity index (χ0v) is 11.4. The monoisotopic (exact) mass is 236 g/mol. The molecule has 0 spiro atoms. The summed E-state index contributed by atoms with van der Waals surface area (Å²) < 4.78 is 0. The molecule has 3 heteroatoms. The van der Waals surface area contributed by atoms with Crippen LogP contribution < -0.4 is 4.90 Å². The van der Waals surface area contributed by atoms with Gasteiger partial charge in [0.1, 0.15) is 5.82 Å². The quantitative estimate of drug-likeness (QED) is 0.825. The topological polar surface area (TPSA) is 36.4 Å². The number of hydrogen-bond acceptors (Lipinski definition) is 3. The summed E-state index contributed by atoms with van der Waals surface area (Å²) >= 11 is 0. The van der Waals surface area contributed by atoms with E-state index in [-0.39, 0.29) is 0 Å². The minimum absolute atomic E-state index is 0.814. The molecule has 0 aliphatic heterocycles. The molecule has 0 atom stereocenters. The predicted octanol–water partition coefficient (Wildman–Crippen LogP) is 2.94. The van der Waals surface area contributed by atoms with Crippen LogP contribution in [0.4, 0.5) is 5.82 Å². The largest absolute Gasteiger partial charge is 0.386 e. The summed E-state index contributed by atoms with van der Waals surface area (Å²) in [6.07, 6.45) is 4.01. The Labute approximate surface area is 104 Å². The van der Waals surface area contributed by atoms with Gasteiger partial charge in [0.25, 0.3) is 0 Å². The fourth-order valence-electron chi connectivity index (χ4n) is 1.82. The third-order valence-corrected chi connectivity index (χ3v) is 2.77. The molecule has 0 radical (unpaired) electrons. The summed E-state index contributed by atoms with van der Waals surface area (Å²) in [5, 5.41) is 9.87. The van der Waals surface area contributed by atoms with Crippen LogP contribution >= 0.6 is 0 Å². The standard InChI is InChI=1S/C14H24N2O/c1-5-9-16(10-6-2)13-8-7-12(11-15-13)14(3,4)17/h7-8,11,17H,5-6,9-10H2,1-4H3. The zero-order valence-electron chi connectivity index (χ0n) is 11.4. The van der Waals surface area contributed by atoms with Gasteiger partial charge in [-0.05, 0) is 32.8 Å². The lowest BCUT2D eigenvalue weighted by atomic mass is 10.0. The van der Waals surface area contributed by atoms with Crippen LogP contribution in [0.15, 0.2) is 18.3 Å². The van der Waals surface area contributed by atoms with E-state index in [2.05, 4.69) is 23.7 Å². The summed E-state index contributed by atoms with van der Waals surface area (Å²) in [5.74, 6) is 1.00. The summed E-state index contributed by atoms with van der Waals surface area (Å²) in [4.78, 5) is 6.73. The van der Waals surface area contributed by atoms with Crippen molar-refractivity contribution in [2.45, 2.75) is 46.1 Å². The van der Waals surface area contributed by atoms with E-state index in [1.165, 1.54) is 0 Å². The molecule has 0 saturated heterocycles. The molecule has 1 aromatic heterocycles. The van der Waals surface area contributed by atoms with Crippen molar-refractivity contribution < 1.29 is 5.11 Å². The van der Waals surface area contributed by atoms with Crippen molar-refractivity contribution in [3.63, 3.8) is 0 Å². The number of pyridine rings is 1. The molecule has 0 fully saturated rings. The maximum atomic E-state index is 9.87. The van der Waals surface area contributed by atoms with Crippen LogP contribution in [0.5, 0.6) is 0 Å². The summed E-state index contributed by atoms with van der Waals surface area (Å²) in [6, 6.07) is 3.96. The molecule has 1 aromatic rings. The number of hydrogen-bond donors (Lipinski definition) is 1. The lowest BCUT2D eigenvalue weighted by molar-refractivity contribution is 0.0782. The first-order valence-electron chi connectivity index (χ1n) is 6.43. The Bertz CT molecular complexity index is 321. The predicted molar refractivity (Wildman–Crippen MR) is 72.3 cm³/mol. The van der Waals surface area contributed by atoms with Crippen molar-refractivity contribution in [2.75, 3.05) is 18.0 Å². The lowest BCUT2D eigenvalue weighted by Gasteiger charge is -2.24. The Hall–Kier alpha value is -1.09. The average Bonchev–Trinajstić information content (AvgIpc) is 2.28. The molecule has 0 unspecified atom stereocenters. The SMILES string of the molecule is CCCN(CCC)c1ccc(C(C)(C)O)cn1. The van der Waals surface area contributed by atoms with Crippen molar-refractivity contribution in [3.05, 3.63) is 23.9 Å². The van der Waals surface area contributed by atoms with E-state index >= 15 is 0 Å². The van der Waals surface area contributed by atoms with E-state index in [1.807, 2.05) is 12.1 Å². The van der Waals surface area contributed by atoms with Crippen LogP contribution in [0, 0.1) is 0 Å². The molecule has 17 heavy (non-hydrogen) atoms. The Morgan fingerprint density at radius 1 is 1.18 bits per heavy atom. The molecule has 1 N–H and O–H groups in total. The van der Waals surface area contributed by atoms with Gasteiger partial charge in [0.2, 0.25) is 0 Å². The molecule has 1 heterocycles. The second-order valence-electron chi connectivity index (χ2n) is 4.95. The van der Waals surface area contributed by atoms with Gasteiger partial charge in [-0.2, -0.15) is 0 Å². The van der Waals surface area contributed by atoms with Gasteiger partial charge in [0.05, 0.1) is 5.60 Å². The van der Waals surface area contributed by atoms with Crippen LogP contribution in [-0.2, 0) is 5.60 Å². The minimum Gasteiger partial charge on any atom is -0.386 e. The van der Waals surface area contributed by atoms with E-state index < -0.39 is 5.60 Å². The maximum Gasteiger partial charge on any atom is 0.128 e. The summed E-state index contributed by atoms with van der Waals surface area (Å²) in [6.45, 7) is 9.96. The Balaban J connectivity index is 2.84.